The Bertz CT molecular complexity index is 633. The standard InChI is InChI=1S/C13H16BrClFNO3S/c1-3-8(4-2)7-17-13(18)10-5-9(14)6-11(12(10)16)21(15,19)20/h5-6,8H,3-4,7H2,1-2H3,(H,17,18). The van der Waals surface area contributed by atoms with Crippen LogP contribution in [0, 0.1) is 11.7 Å². The number of carbonyl (C=O) groups is 1. The summed E-state index contributed by atoms with van der Waals surface area (Å²) in [5.41, 5.74) is -0.352. The predicted molar refractivity (Wildman–Crippen MR) is 83.5 cm³/mol. The number of amides is 1. The lowest BCUT2D eigenvalue weighted by Gasteiger charge is -2.14. The third kappa shape index (κ3) is 4.93. The summed E-state index contributed by atoms with van der Waals surface area (Å²) in [5, 5.41) is 2.61. The summed E-state index contributed by atoms with van der Waals surface area (Å²) >= 11 is 3.05. The first-order valence-electron chi connectivity index (χ1n) is 6.42. The van der Waals surface area contributed by atoms with Crippen molar-refractivity contribution in [2.45, 2.75) is 31.6 Å². The van der Waals surface area contributed by atoms with E-state index < -0.39 is 25.7 Å². The van der Waals surface area contributed by atoms with Crippen LogP contribution in [0.3, 0.4) is 0 Å². The predicted octanol–water partition coefficient (Wildman–Crippen LogP) is 3.68. The molecule has 4 nitrogen and oxygen atoms in total. The fourth-order valence-corrected chi connectivity index (χ4v) is 3.35. The van der Waals surface area contributed by atoms with E-state index in [4.69, 9.17) is 10.7 Å². The maximum absolute atomic E-state index is 14.1. The van der Waals surface area contributed by atoms with Crippen LogP contribution in [-0.2, 0) is 9.05 Å². The topological polar surface area (TPSA) is 63.2 Å². The van der Waals surface area contributed by atoms with Crippen LogP contribution in [0.4, 0.5) is 4.39 Å². The molecular weight excluding hydrogens is 385 g/mol. The Morgan fingerprint density at radius 3 is 2.43 bits per heavy atom. The second-order valence-electron chi connectivity index (χ2n) is 4.60. The van der Waals surface area contributed by atoms with Crippen LogP contribution < -0.4 is 5.32 Å². The van der Waals surface area contributed by atoms with Gasteiger partial charge in [0.05, 0.1) is 5.56 Å². The molecule has 118 valence electrons. The van der Waals surface area contributed by atoms with E-state index in [2.05, 4.69) is 21.2 Å². The molecule has 0 radical (unpaired) electrons. The van der Waals surface area contributed by atoms with Crippen molar-refractivity contribution in [3.63, 3.8) is 0 Å². The number of carbonyl (C=O) groups excluding carboxylic acids is 1. The molecule has 1 aromatic rings. The van der Waals surface area contributed by atoms with Gasteiger partial charge in [-0.3, -0.25) is 4.79 Å². The van der Waals surface area contributed by atoms with E-state index in [9.17, 15) is 17.6 Å². The van der Waals surface area contributed by atoms with E-state index in [1.165, 1.54) is 6.07 Å². The zero-order valence-electron chi connectivity index (χ0n) is 11.6. The van der Waals surface area contributed by atoms with Crippen molar-refractivity contribution < 1.29 is 17.6 Å². The van der Waals surface area contributed by atoms with E-state index in [1.807, 2.05) is 13.8 Å². The van der Waals surface area contributed by atoms with Crippen LogP contribution in [0.15, 0.2) is 21.5 Å². The molecule has 21 heavy (non-hydrogen) atoms. The van der Waals surface area contributed by atoms with Gasteiger partial charge in [-0.05, 0) is 18.1 Å². The Kier molecular flexibility index (Phi) is 6.62. The summed E-state index contributed by atoms with van der Waals surface area (Å²) in [6.45, 7) is 4.40. The molecule has 0 atom stereocenters. The monoisotopic (exact) mass is 399 g/mol. The Morgan fingerprint density at radius 2 is 1.95 bits per heavy atom. The van der Waals surface area contributed by atoms with Gasteiger partial charge in [-0.1, -0.05) is 42.6 Å². The van der Waals surface area contributed by atoms with E-state index in [0.29, 0.717) is 12.5 Å². The number of halogens is 3. The van der Waals surface area contributed by atoms with Gasteiger partial charge in [-0.2, -0.15) is 0 Å². The van der Waals surface area contributed by atoms with Gasteiger partial charge >= 0.3 is 0 Å². The van der Waals surface area contributed by atoms with Crippen LogP contribution in [0.5, 0.6) is 0 Å². The molecule has 0 fully saturated rings. The Morgan fingerprint density at radius 1 is 1.38 bits per heavy atom. The van der Waals surface area contributed by atoms with Crippen LogP contribution >= 0.6 is 26.6 Å². The zero-order valence-corrected chi connectivity index (χ0v) is 14.8. The van der Waals surface area contributed by atoms with E-state index in [1.54, 1.807) is 0 Å². The van der Waals surface area contributed by atoms with E-state index in [-0.39, 0.29) is 10.0 Å². The van der Waals surface area contributed by atoms with Crippen LogP contribution in [-0.4, -0.2) is 20.9 Å². The lowest BCUT2D eigenvalue weighted by atomic mass is 10.0. The first kappa shape index (κ1) is 18.4. The molecule has 0 aliphatic rings. The minimum absolute atomic E-state index is 0.260. The van der Waals surface area contributed by atoms with Gasteiger partial charge in [-0.25, -0.2) is 12.8 Å². The molecule has 0 spiro atoms. The fraction of sp³-hybridized carbons (Fsp3) is 0.462. The molecule has 0 saturated heterocycles. The highest BCUT2D eigenvalue weighted by molar-refractivity contribution is 9.10. The van der Waals surface area contributed by atoms with Gasteiger partial charge in [-0.15, -0.1) is 0 Å². The molecule has 0 unspecified atom stereocenters. The molecule has 0 saturated carbocycles. The molecule has 0 aliphatic carbocycles. The van der Waals surface area contributed by atoms with Gasteiger partial charge < -0.3 is 5.32 Å². The van der Waals surface area contributed by atoms with E-state index >= 15 is 0 Å². The van der Waals surface area contributed by atoms with Crippen LogP contribution in [0.2, 0.25) is 0 Å². The molecule has 1 rings (SSSR count). The summed E-state index contributed by atoms with van der Waals surface area (Å²) < 4.78 is 37.0. The number of benzene rings is 1. The van der Waals surface area contributed by atoms with Crippen molar-refractivity contribution >= 4 is 41.6 Å². The molecule has 1 N–H and O–H groups in total. The SMILES string of the molecule is CCC(CC)CNC(=O)c1cc(Br)cc(S(=O)(=O)Cl)c1F. The quantitative estimate of drug-likeness (QED) is 0.741. The highest BCUT2D eigenvalue weighted by Gasteiger charge is 2.23. The van der Waals surface area contributed by atoms with Gasteiger partial charge in [0.1, 0.15) is 4.90 Å². The molecule has 0 heterocycles. The number of hydrogen-bond donors (Lipinski definition) is 1. The maximum atomic E-state index is 14.1. The van der Waals surface area contributed by atoms with Crippen molar-refractivity contribution in [1.82, 2.24) is 5.32 Å². The third-order valence-electron chi connectivity index (χ3n) is 3.22. The van der Waals surface area contributed by atoms with Gasteiger partial charge in [0.15, 0.2) is 5.82 Å². The first-order valence-corrected chi connectivity index (χ1v) is 9.52. The van der Waals surface area contributed by atoms with Crippen molar-refractivity contribution in [3.8, 4) is 0 Å². The van der Waals surface area contributed by atoms with Crippen molar-refractivity contribution in [2.75, 3.05) is 6.54 Å². The normalized spacial score (nSPS) is 11.7. The average molecular weight is 401 g/mol. The molecule has 0 aromatic heterocycles. The van der Waals surface area contributed by atoms with Crippen molar-refractivity contribution in [2.24, 2.45) is 5.92 Å². The average Bonchev–Trinajstić information content (AvgIpc) is 2.40. The Labute approximate surface area is 136 Å². The summed E-state index contributed by atoms with van der Waals surface area (Å²) in [4.78, 5) is 11.3. The smallest absolute Gasteiger partial charge is 0.264 e. The number of rotatable bonds is 6. The lowest BCUT2D eigenvalue weighted by Crippen LogP contribution is -2.29. The van der Waals surface area contributed by atoms with Crippen molar-refractivity contribution in [3.05, 3.63) is 28.0 Å². The second kappa shape index (κ2) is 7.56. The van der Waals surface area contributed by atoms with Gasteiger partial charge in [0.25, 0.3) is 15.0 Å². The minimum Gasteiger partial charge on any atom is -0.352 e. The van der Waals surface area contributed by atoms with Crippen molar-refractivity contribution in [1.29, 1.82) is 0 Å². The maximum Gasteiger partial charge on any atom is 0.264 e. The highest BCUT2D eigenvalue weighted by Crippen LogP contribution is 2.26. The number of nitrogens with one attached hydrogen (secondary N) is 1. The highest BCUT2D eigenvalue weighted by atomic mass is 79.9. The largest absolute Gasteiger partial charge is 0.352 e. The zero-order chi connectivity index (χ0) is 16.2. The number of hydrogen-bond acceptors (Lipinski definition) is 3. The first-order chi connectivity index (χ1) is 9.70. The van der Waals surface area contributed by atoms with Crippen LogP contribution in [0.1, 0.15) is 37.0 Å². The molecule has 1 aromatic carbocycles. The van der Waals surface area contributed by atoms with Crippen LogP contribution in [0.25, 0.3) is 0 Å². The Hall–Kier alpha value is -0.660. The molecule has 8 heteroatoms. The summed E-state index contributed by atoms with van der Waals surface area (Å²) in [6, 6.07) is 2.25. The Balaban J connectivity index is 3.08. The van der Waals surface area contributed by atoms with Gasteiger partial charge in [0.2, 0.25) is 0 Å². The lowest BCUT2D eigenvalue weighted by molar-refractivity contribution is 0.0941. The minimum atomic E-state index is -4.27. The summed E-state index contributed by atoms with van der Waals surface area (Å²) in [5.74, 6) is -1.52. The van der Waals surface area contributed by atoms with Gasteiger partial charge in [0, 0.05) is 21.7 Å². The summed E-state index contributed by atoms with van der Waals surface area (Å²) in [7, 11) is 0.899. The second-order valence-corrected chi connectivity index (χ2v) is 8.05. The summed E-state index contributed by atoms with van der Waals surface area (Å²) in [6.07, 6.45) is 1.78. The molecule has 0 aliphatic heterocycles. The molecule has 1 amide bonds. The fourth-order valence-electron chi connectivity index (χ4n) is 1.82. The van der Waals surface area contributed by atoms with E-state index in [0.717, 1.165) is 18.9 Å². The molecular formula is C13H16BrClFNO3S. The molecule has 0 bridgehead atoms. The third-order valence-corrected chi connectivity index (χ3v) is 5.00.